The molecule has 0 fully saturated rings. The van der Waals surface area contributed by atoms with Gasteiger partial charge in [-0.1, -0.05) is 62.4 Å². The summed E-state index contributed by atoms with van der Waals surface area (Å²) in [4.78, 5) is 0. The van der Waals surface area contributed by atoms with Crippen LogP contribution in [0.1, 0.15) is 30.5 Å². The van der Waals surface area contributed by atoms with Gasteiger partial charge in [0.05, 0.1) is 8.80 Å². The summed E-state index contributed by atoms with van der Waals surface area (Å²) in [6.45, 7) is 4.68. The van der Waals surface area contributed by atoms with E-state index in [2.05, 4.69) is 50.3 Å². The average Bonchev–Trinajstić information content (AvgIpc) is 2.65. The van der Waals surface area contributed by atoms with Crippen molar-refractivity contribution in [3.8, 4) is 0 Å². The third-order valence-corrected chi connectivity index (χ3v) is 6.35. The van der Waals surface area contributed by atoms with Crippen molar-refractivity contribution in [3.63, 3.8) is 0 Å². The Morgan fingerprint density at radius 2 is 1.80 bits per heavy atom. The predicted octanol–water partition coefficient (Wildman–Crippen LogP) is 3.49. The van der Waals surface area contributed by atoms with Gasteiger partial charge in [-0.2, -0.15) is 0 Å². The van der Waals surface area contributed by atoms with E-state index in [0.717, 1.165) is 5.54 Å². The largest absolute Gasteiger partial charge is 0.0794 e. The molecule has 0 spiro atoms. The molecule has 2 radical (unpaired) electrons. The average molecular weight is 224 g/mol. The molecule has 15 heavy (non-hydrogen) atoms. The minimum Gasteiger partial charge on any atom is -0.0794 e. The molecule has 74 valence electrons. The minimum atomic E-state index is -0.200. The molecule has 0 amide bonds. The van der Waals surface area contributed by atoms with Crippen molar-refractivity contribution in [2.75, 3.05) is 0 Å². The maximum atomic E-state index is 2.42. The summed E-state index contributed by atoms with van der Waals surface area (Å²) < 4.78 is 0. The van der Waals surface area contributed by atoms with Crippen molar-refractivity contribution >= 4 is 44.4 Å². The first-order valence-corrected chi connectivity index (χ1v) is 7.47. The van der Waals surface area contributed by atoms with Crippen molar-refractivity contribution in [3.05, 3.63) is 41.5 Å². The normalized spacial score (nSPS) is 17.7. The van der Waals surface area contributed by atoms with Gasteiger partial charge < -0.3 is 0 Å². The first-order valence-electron chi connectivity index (χ1n) is 5.48. The SMILES string of the molecule is CC[Si](CC)C1C=Cc2ccccc21.[Na]. The number of fused-ring (bicyclic) bond motifs is 1. The molecule has 1 aliphatic carbocycles. The van der Waals surface area contributed by atoms with Gasteiger partial charge in [0, 0.05) is 29.6 Å². The fraction of sp³-hybridized carbons (Fsp3) is 0.385. The number of benzene rings is 1. The van der Waals surface area contributed by atoms with Gasteiger partial charge in [-0.25, -0.2) is 0 Å². The van der Waals surface area contributed by atoms with E-state index in [0.29, 0.717) is 0 Å². The van der Waals surface area contributed by atoms with Crippen molar-refractivity contribution in [1.29, 1.82) is 0 Å². The third-order valence-electron chi connectivity index (χ3n) is 3.15. The molecule has 0 saturated carbocycles. The van der Waals surface area contributed by atoms with Crippen LogP contribution < -0.4 is 0 Å². The molecule has 0 N–H and O–H groups in total. The number of allylic oxidation sites excluding steroid dienone is 1. The van der Waals surface area contributed by atoms with E-state index in [1.807, 2.05) is 0 Å². The molecule has 0 heterocycles. The van der Waals surface area contributed by atoms with Crippen LogP contribution in [0.3, 0.4) is 0 Å². The fourth-order valence-electron chi connectivity index (χ4n) is 2.30. The summed E-state index contributed by atoms with van der Waals surface area (Å²) in [6.07, 6.45) is 4.72. The summed E-state index contributed by atoms with van der Waals surface area (Å²) in [5, 5.41) is 0. The van der Waals surface area contributed by atoms with Crippen LogP contribution in [0.15, 0.2) is 30.3 Å². The minimum absolute atomic E-state index is 0. The fourth-order valence-corrected chi connectivity index (χ4v) is 4.75. The van der Waals surface area contributed by atoms with E-state index in [9.17, 15) is 0 Å². The van der Waals surface area contributed by atoms with Gasteiger partial charge in [-0.05, 0) is 16.7 Å². The molecule has 0 saturated heterocycles. The van der Waals surface area contributed by atoms with E-state index in [1.165, 1.54) is 17.7 Å². The van der Waals surface area contributed by atoms with E-state index < -0.39 is 0 Å². The Labute approximate surface area is 117 Å². The molecule has 1 aromatic carbocycles. The van der Waals surface area contributed by atoms with E-state index in [-0.39, 0.29) is 38.4 Å². The second kappa shape index (κ2) is 6.05. The molecular formula is C13H17NaSi. The van der Waals surface area contributed by atoms with E-state index in [1.54, 1.807) is 5.56 Å². The van der Waals surface area contributed by atoms with Crippen molar-refractivity contribution in [1.82, 2.24) is 0 Å². The predicted molar refractivity (Wildman–Crippen MR) is 70.7 cm³/mol. The van der Waals surface area contributed by atoms with Crippen molar-refractivity contribution < 1.29 is 0 Å². The zero-order chi connectivity index (χ0) is 9.97. The number of rotatable bonds is 3. The van der Waals surface area contributed by atoms with E-state index >= 15 is 0 Å². The van der Waals surface area contributed by atoms with Crippen LogP contribution in [0.4, 0.5) is 0 Å². The first-order chi connectivity index (χ1) is 6.86. The summed E-state index contributed by atoms with van der Waals surface area (Å²) in [5.41, 5.74) is 3.79. The summed E-state index contributed by atoms with van der Waals surface area (Å²) in [7, 11) is -0.200. The van der Waals surface area contributed by atoms with Gasteiger partial charge >= 0.3 is 0 Å². The molecule has 1 unspecified atom stereocenters. The monoisotopic (exact) mass is 224 g/mol. The first kappa shape index (κ1) is 13.2. The van der Waals surface area contributed by atoms with Gasteiger partial charge in [-0.3, -0.25) is 0 Å². The standard InChI is InChI=1S/C13H17Si.Na/c1-3-14(4-2)13-10-9-11-7-5-6-8-12(11)13;/h5-10,13H,3-4H2,1-2H3;. The molecule has 1 aromatic rings. The molecule has 2 heteroatoms. The van der Waals surface area contributed by atoms with Crippen LogP contribution in [0.2, 0.25) is 12.1 Å². The molecule has 2 rings (SSSR count). The molecule has 0 aromatic heterocycles. The van der Waals surface area contributed by atoms with Crippen LogP contribution in [0.5, 0.6) is 0 Å². The van der Waals surface area contributed by atoms with Crippen molar-refractivity contribution in [2.45, 2.75) is 31.5 Å². The van der Waals surface area contributed by atoms with Gasteiger partial charge in [0.25, 0.3) is 0 Å². The second-order valence-corrected chi connectivity index (χ2v) is 7.18. The van der Waals surface area contributed by atoms with E-state index in [4.69, 9.17) is 0 Å². The molecular weight excluding hydrogens is 207 g/mol. The second-order valence-electron chi connectivity index (χ2n) is 3.83. The van der Waals surface area contributed by atoms with Crippen molar-refractivity contribution in [2.24, 2.45) is 0 Å². The van der Waals surface area contributed by atoms with Crippen LogP contribution in [0, 0.1) is 0 Å². The maximum absolute atomic E-state index is 2.42. The molecule has 0 bridgehead atoms. The van der Waals surface area contributed by atoms with Crippen LogP contribution in [-0.4, -0.2) is 38.4 Å². The topological polar surface area (TPSA) is 0 Å². The van der Waals surface area contributed by atoms with Gasteiger partial charge in [0.2, 0.25) is 0 Å². The zero-order valence-corrected chi connectivity index (χ0v) is 13.0. The Bertz CT molecular complexity index is 342. The van der Waals surface area contributed by atoms with Crippen LogP contribution in [-0.2, 0) is 0 Å². The Morgan fingerprint density at radius 1 is 1.13 bits per heavy atom. The van der Waals surface area contributed by atoms with Gasteiger partial charge in [0.1, 0.15) is 0 Å². The molecule has 1 atom stereocenters. The number of hydrogen-bond donors (Lipinski definition) is 0. The van der Waals surface area contributed by atoms with Gasteiger partial charge in [-0.15, -0.1) is 0 Å². The Hall–Kier alpha value is 0.177. The van der Waals surface area contributed by atoms with Crippen LogP contribution >= 0.6 is 0 Å². The van der Waals surface area contributed by atoms with Crippen LogP contribution in [0.25, 0.3) is 6.08 Å². The van der Waals surface area contributed by atoms with Gasteiger partial charge in [0.15, 0.2) is 0 Å². The number of hydrogen-bond acceptors (Lipinski definition) is 0. The molecule has 0 nitrogen and oxygen atoms in total. The summed E-state index contributed by atoms with van der Waals surface area (Å²) in [5.74, 6) is 0. The summed E-state index contributed by atoms with van der Waals surface area (Å²) >= 11 is 0. The smallest absolute Gasteiger partial charge is 0.0607 e. The molecule has 0 aliphatic heterocycles. The third kappa shape index (κ3) is 2.65. The maximum Gasteiger partial charge on any atom is 0.0607 e. The molecule has 1 aliphatic rings. The quantitative estimate of drug-likeness (QED) is 0.689. The summed E-state index contributed by atoms with van der Waals surface area (Å²) in [6, 6.07) is 11.6. The zero-order valence-electron chi connectivity index (χ0n) is 9.96. The Kier molecular flexibility index (Phi) is 5.34. The Morgan fingerprint density at radius 3 is 2.47 bits per heavy atom. The Balaban J connectivity index is 0.00000112.